The average molecular weight is 414 g/mol. The fraction of sp³-hybridized carbons (Fsp3) is 0.500. The zero-order chi connectivity index (χ0) is 19.8. The topological polar surface area (TPSA) is 101 Å². The van der Waals surface area contributed by atoms with Crippen molar-refractivity contribution in [2.24, 2.45) is 10.9 Å². The van der Waals surface area contributed by atoms with Crippen molar-refractivity contribution in [3.63, 3.8) is 0 Å². The summed E-state index contributed by atoms with van der Waals surface area (Å²) < 4.78 is 10.5. The number of nitrogens with zero attached hydrogens (tertiary/aromatic N) is 3. The molecule has 1 aliphatic carbocycles. The van der Waals surface area contributed by atoms with Gasteiger partial charge in [0.25, 0.3) is 0 Å². The van der Waals surface area contributed by atoms with Gasteiger partial charge in [0.1, 0.15) is 5.69 Å². The van der Waals surface area contributed by atoms with E-state index in [4.69, 9.17) is 13.9 Å². The summed E-state index contributed by atoms with van der Waals surface area (Å²) >= 11 is 1.59. The highest BCUT2D eigenvalue weighted by Crippen LogP contribution is 2.38. The van der Waals surface area contributed by atoms with Crippen LogP contribution in [0.1, 0.15) is 37.8 Å². The first-order chi connectivity index (χ1) is 14.2. The molecule has 3 atom stereocenters. The van der Waals surface area contributed by atoms with Gasteiger partial charge in [-0.1, -0.05) is 29.8 Å². The Labute approximate surface area is 172 Å². The fourth-order valence-corrected chi connectivity index (χ4v) is 5.47. The van der Waals surface area contributed by atoms with Crippen LogP contribution in [0, 0.1) is 5.92 Å². The van der Waals surface area contributed by atoms with Crippen LogP contribution >= 0.6 is 11.8 Å². The maximum atomic E-state index is 13.0. The van der Waals surface area contributed by atoms with Crippen LogP contribution in [0.25, 0.3) is 11.5 Å². The molecule has 3 aliphatic rings. The monoisotopic (exact) mass is 414 g/mol. The van der Waals surface area contributed by atoms with Gasteiger partial charge in [0.15, 0.2) is 10.9 Å². The molecule has 29 heavy (non-hydrogen) atoms. The molecular weight excluding hydrogens is 392 g/mol. The number of amidine groups is 1. The first kappa shape index (κ1) is 18.5. The Morgan fingerprint density at radius 1 is 1.31 bits per heavy atom. The van der Waals surface area contributed by atoms with Crippen LogP contribution in [0.15, 0.2) is 38.4 Å². The molecule has 1 saturated carbocycles. The summed E-state index contributed by atoms with van der Waals surface area (Å²) in [5.41, 5.74) is 0.617. The number of aliphatic imine (C=N–C) groups is 1. The van der Waals surface area contributed by atoms with E-state index in [1.807, 2.05) is 0 Å². The van der Waals surface area contributed by atoms with Gasteiger partial charge < -0.3 is 14.3 Å². The molecule has 0 spiro atoms. The summed E-state index contributed by atoms with van der Waals surface area (Å²) in [6, 6.07) is 5.30. The van der Waals surface area contributed by atoms with E-state index in [-0.39, 0.29) is 42.8 Å². The summed E-state index contributed by atoms with van der Waals surface area (Å²) in [4.78, 5) is 32.1. The number of furan rings is 1. The first-order valence-electron chi connectivity index (χ1n) is 9.99. The minimum Gasteiger partial charge on any atom is -0.461 e. The lowest BCUT2D eigenvalue weighted by Gasteiger charge is -2.37. The van der Waals surface area contributed by atoms with Gasteiger partial charge in [0, 0.05) is 18.2 Å². The third-order valence-electron chi connectivity index (χ3n) is 5.75. The van der Waals surface area contributed by atoms with E-state index in [0.29, 0.717) is 23.0 Å². The maximum absolute atomic E-state index is 13.0. The number of hydrogen-bond donors (Lipinski definition) is 1. The van der Waals surface area contributed by atoms with Gasteiger partial charge in [-0.15, -0.1) is 0 Å². The number of aromatic nitrogens is 1. The van der Waals surface area contributed by atoms with Crippen LogP contribution < -0.4 is 5.32 Å². The van der Waals surface area contributed by atoms with Gasteiger partial charge in [0.2, 0.25) is 17.6 Å². The lowest BCUT2D eigenvalue weighted by atomic mass is 9.83. The van der Waals surface area contributed by atoms with E-state index in [1.165, 1.54) is 0 Å². The predicted octanol–water partition coefficient (Wildman–Crippen LogP) is 2.81. The number of nitrogens with one attached hydrogen (secondary N) is 1. The lowest BCUT2D eigenvalue weighted by molar-refractivity contribution is -0.135. The van der Waals surface area contributed by atoms with Crippen molar-refractivity contribution in [2.45, 2.75) is 50.7 Å². The molecule has 2 amide bonds. The zero-order valence-electron chi connectivity index (χ0n) is 15.9. The minimum atomic E-state index is -0.134. The molecule has 152 valence electrons. The van der Waals surface area contributed by atoms with Crippen LogP contribution in [-0.2, 0) is 16.1 Å². The number of carbonyl (C=O) groups excluding carboxylic acids is 2. The van der Waals surface area contributed by atoms with Crippen LogP contribution in [0.4, 0.5) is 0 Å². The number of hydrogen-bond acceptors (Lipinski definition) is 7. The SMILES string of the molecule is O=C(C[C@@H]1CSC2=N[C@@H]3CCCC[C@H]3C(=O)N21)NCc1cc(-c2ccco2)on1. The molecule has 0 unspecified atom stereocenters. The molecule has 8 nitrogen and oxygen atoms in total. The molecule has 1 N–H and O–H groups in total. The van der Waals surface area contributed by atoms with Crippen molar-refractivity contribution < 1.29 is 18.5 Å². The second-order valence-corrected chi connectivity index (χ2v) is 8.67. The van der Waals surface area contributed by atoms with Gasteiger partial charge in [0.05, 0.1) is 30.8 Å². The number of rotatable bonds is 5. The quantitative estimate of drug-likeness (QED) is 0.807. The smallest absolute Gasteiger partial charge is 0.234 e. The Bertz CT molecular complexity index is 938. The second-order valence-electron chi connectivity index (χ2n) is 7.68. The number of amides is 2. The van der Waals surface area contributed by atoms with Crippen LogP contribution in [0.2, 0.25) is 0 Å². The largest absolute Gasteiger partial charge is 0.461 e. The van der Waals surface area contributed by atoms with Crippen LogP contribution in [-0.4, -0.2) is 44.9 Å². The fourth-order valence-electron chi connectivity index (χ4n) is 4.27. The predicted molar refractivity (Wildman–Crippen MR) is 107 cm³/mol. The second kappa shape index (κ2) is 7.70. The highest BCUT2D eigenvalue weighted by molar-refractivity contribution is 8.14. The molecule has 4 heterocycles. The van der Waals surface area contributed by atoms with Crippen molar-refractivity contribution in [3.8, 4) is 11.5 Å². The van der Waals surface area contributed by atoms with Crippen molar-refractivity contribution in [1.29, 1.82) is 0 Å². The van der Waals surface area contributed by atoms with Crippen molar-refractivity contribution in [3.05, 3.63) is 30.2 Å². The molecule has 2 aromatic heterocycles. The van der Waals surface area contributed by atoms with E-state index in [1.54, 1.807) is 41.1 Å². The molecular formula is C20H22N4O4S. The standard InChI is InChI=1S/C20H22N4O4S/c25-18(21-10-12-8-17(28-23-12)16-6-3-7-27-16)9-13-11-29-20-22-15-5-2-1-4-14(15)19(26)24(13)20/h3,6-8,13-15H,1-2,4-5,9-11H2,(H,21,25)/t13-,14-,15-/m1/s1. The Morgan fingerprint density at radius 2 is 2.21 bits per heavy atom. The molecule has 2 aliphatic heterocycles. The van der Waals surface area contributed by atoms with Crippen molar-refractivity contribution >= 4 is 28.7 Å². The highest BCUT2D eigenvalue weighted by Gasteiger charge is 2.45. The Balaban J connectivity index is 1.19. The summed E-state index contributed by atoms with van der Waals surface area (Å²) in [7, 11) is 0. The molecule has 9 heteroatoms. The Hall–Kier alpha value is -2.55. The van der Waals surface area contributed by atoms with E-state index < -0.39 is 0 Å². The minimum absolute atomic E-state index is 0.00749. The number of thioether (sulfide) groups is 1. The average Bonchev–Trinajstić information content (AvgIpc) is 3.48. The van der Waals surface area contributed by atoms with Gasteiger partial charge >= 0.3 is 0 Å². The summed E-state index contributed by atoms with van der Waals surface area (Å²) in [5, 5.41) is 7.63. The normalized spacial score (nSPS) is 26.1. The lowest BCUT2D eigenvalue weighted by Crippen LogP contribution is -2.51. The third kappa shape index (κ3) is 3.59. The van der Waals surface area contributed by atoms with Gasteiger partial charge in [-0.2, -0.15) is 0 Å². The molecule has 1 saturated heterocycles. The van der Waals surface area contributed by atoms with E-state index >= 15 is 0 Å². The van der Waals surface area contributed by atoms with Crippen LogP contribution in [0.5, 0.6) is 0 Å². The van der Waals surface area contributed by atoms with Crippen molar-refractivity contribution in [1.82, 2.24) is 15.4 Å². The Kier molecular flexibility index (Phi) is 4.91. The van der Waals surface area contributed by atoms with Gasteiger partial charge in [-0.25, -0.2) is 0 Å². The van der Waals surface area contributed by atoms with E-state index in [0.717, 1.165) is 30.9 Å². The Morgan fingerprint density at radius 3 is 3.07 bits per heavy atom. The zero-order valence-corrected chi connectivity index (χ0v) is 16.7. The molecule has 0 bridgehead atoms. The van der Waals surface area contributed by atoms with Crippen molar-refractivity contribution in [2.75, 3.05) is 5.75 Å². The summed E-state index contributed by atoms with van der Waals surface area (Å²) in [5.74, 6) is 1.86. The molecule has 5 rings (SSSR count). The molecule has 0 aromatic carbocycles. The molecule has 0 radical (unpaired) electrons. The van der Waals surface area contributed by atoms with E-state index in [2.05, 4.69) is 10.5 Å². The van der Waals surface area contributed by atoms with Gasteiger partial charge in [-0.3, -0.25) is 19.5 Å². The molecule has 2 fully saturated rings. The number of carbonyl (C=O) groups is 2. The number of fused-ring (bicyclic) bond motifs is 2. The van der Waals surface area contributed by atoms with E-state index in [9.17, 15) is 9.59 Å². The first-order valence-corrected chi connectivity index (χ1v) is 11.0. The van der Waals surface area contributed by atoms with Crippen LogP contribution in [0.3, 0.4) is 0 Å². The maximum Gasteiger partial charge on any atom is 0.234 e. The van der Waals surface area contributed by atoms with Gasteiger partial charge in [-0.05, 0) is 25.0 Å². The third-order valence-corrected chi connectivity index (χ3v) is 6.86. The highest BCUT2D eigenvalue weighted by atomic mass is 32.2. The summed E-state index contributed by atoms with van der Waals surface area (Å²) in [6.45, 7) is 0.266. The summed E-state index contributed by atoms with van der Waals surface area (Å²) in [6.07, 6.45) is 5.96. The molecule has 2 aromatic rings.